The summed E-state index contributed by atoms with van der Waals surface area (Å²) in [4.78, 5) is 9.76. The van der Waals surface area contributed by atoms with E-state index in [2.05, 4.69) is 153 Å². The predicted octanol–water partition coefficient (Wildman–Crippen LogP) is 13.0. The van der Waals surface area contributed by atoms with Crippen molar-refractivity contribution < 1.29 is 24.5 Å². The van der Waals surface area contributed by atoms with Crippen LogP contribution >= 0.6 is 11.3 Å². The van der Waals surface area contributed by atoms with E-state index in [0.29, 0.717) is 11.8 Å². The molecular weight excluding hydrogens is 887 g/mol. The Kier molecular flexibility index (Phi) is 11.1. The van der Waals surface area contributed by atoms with E-state index in [0.717, 1.165) is 67.7 Å². The number of imidazole rings is 1. The Morgan fingerprint density at radius 1 is 0.782 bits per heavy atom. The van der Waals surface area contributed by atoms with E-state index in [-0.39, 0.29) is 20.1 Å². The number of hydrogen-bond acceptors (Lipinski definition) is 4. The van der Waals surface area contributed by atoms with Crippen molar-refractivity contribution in [3.05, 3.63) is 144 Å². The fraction of sp³-hybridized carbons (Fsp3) is 0.208. The molecule has 4 heterocycles. The molecule has 0 fully saturated rings. The minimum absolute atomic E-state index is 0. The Bertz CT molecular complexity index is 2750. The monoisotopic (exact) mass is 932 g/mol. The molecule has 5 aromatic carbocycles. The molecule has 1 radical (unpaired) electrons. The van der Waals surface area contributed by atoms with Gasteiger partial charge >= 0.3 is 0 Å². The van der Waals surface area contributed by atoms with E-state index in [1.54, 1.807) is 11.3 Å². The minimum Gasteiger partial charge on any atom is -0.456 e. The maximum atomic E-state index is 6.20. The smallest absolute Gasteiger partial charge is 0.137 e. The molecule has 0 N–H and O–H groups in total. The van der Waals surface area contributed by atoms with Crippen LogP contribution < -0.4 is 5.19 Å². The average Bonchev–Trinajstić information content (AvgIpc) is 3.87. The fourth-order valence-corrected chi connectivity index (χ4v) is 9.78. The maximum absolute atomic E-state index is 6.20. The second kappa shape index (κ2) is 15.8. The number of pyridine rings is 1. The summed E-state index contributed by atoms with van der Waals surface area (Å²) in [5.41, 5.74) is 10.8. The molecule has 0 bridgehead atoms. The fourth-order valence-electron chi connectivity index (χ4n) is 7.31. The van der Waals surface area contributed by atoms with Gasteiger partial charge in [0.15, 0.2) is 0 Å². The first kappa shape index (κ1) is 38.6. The number of aromatic nitrogens is 3. The first-order valence-corrected chi connectivity index (χ1v) is 23.2. The summed E-state index contributed by atoms with van der Waals surface area (Å²) in [6.07, 6.45) is 3.24. The summed E-state index contributed by atoms with van der Waals surface area (Å²) >= 11 is 1.66. The van der Waals surface area contributed by atoms with Crippen LogP contribution in [0.1, 0.15) is 44.7 Å². The van der Waals surface area contributed by atoms with Crippen LogP contribution in [0.15, 0.2) is 126 Å². The van der Waals surface area contributed by atoms with Crippen LogP contribution in [0.5, 0.6) is 0 Å². The van der Waals surface area contributed by atoms with Crippen molar-refractivity contribution in [2.24, 2.45) is 5.92 Å². The van der Waals surface area contributed by atoms with Crippen molar-refractivity contribution in [1.82, 2.24) is 14.5 Å². The second-order valence-electron chi connectivity index (χ2n) is 15.9. The van der Waals surface area contributed by atoms with E-state index >= 15 is 0 Å². The molecule has 0 saturated heterocycles. The summed E-state index contributed by atoms with van der Waals surface area (Å²) in [7, 11) is -1.34. The third-order valence-electron chi connectivity index (χ3n) is 10.0. The first-order chi connectivity index (χ1) is 26.0. The Morgan fingerprint density at radius 3 is 2.29 bits per heavy atom. The van der Waals surface area contributed by atoms with Gasteiger partial charge in [0.2, 0.25) is 0 Å². The Labute approximate surface area is 342 Å². The first-order valence-electron chi connectivity index (χ1n) is 18.9. The molecule has 4 aromatic heterocycles. The van der Waals surface area contributed by atoms with Gasteiger partial charge in [-0.05, 0) is 59.5 Å². The molecule has 0 aliphatic heterocycles. The van der Waals surface area contributed by atoms with Gasteiger partial charge in [0, 0.05) is 48.8 Å². The van der Waals surface area contributed by atoms with E-state index in [9.17, 15) is 0 Å². The van der Waals surface area contributed by atoms with Crippen LogP contribution in [-0.4, -0.2) is 22.6 Å². The van der Waals surface area contributed by atoms with Gasteiger partial charge in [-0.2, -0.15) is 0 Å². The molecule has 9 rings (SSSR count). The summed E-state index contributed by atoms with van der Waals surface area (Å²) in [5, 5.41) is 8.50. The van der Waals surface area contributed by atoms with Crippen molar-refractivity contribution in [3.8, 4) is 28.3 Å². The summed E-state index contributed by atoms with van der Waals surface area (Å²) < 4.78 is 9.68. The maximum Gasteiger partial charge on any atom is 0.137 e. The number of furan rings is 1. The number of thiophene rings is 1. The SMILES string of the molecule is CC(C)Cc1cc(-c2[c-]cccc2)ncc1[Si](C)(C)C.CC(C)c1ccc2c(-c3nc4ccccc4n3-c3ccc4c(c3)oc3ccccc34)[c-]sc2c1.[Ir]. The van der Waals surface area contributed by atoms with Crippen LogP contribution in [-0.2, 0) is 26.5 Å². The molecule has 0 aliphatic carbocycles. The van der Waals surface area contributed by atoms with Gasteiger partial charge in [-0.1, -0.05) is 123 Å². The number of nitrogens with zero attached hydrogens (tertiary/aromatic N) is 3. The quantitative estimate of drug-likeness (QED) is 0.118. The number of benzene rings is 5. The van der Waals surface area contributed by atoms with Crippen molar-refractivity contribution in [2.45, 2.75) is 59.7 Å². The molecule has 0 amide bonds. The molecule has 0 aliphatic rings. The molecule has 0 saturated carbocycles. The van der Waals surface area contributed by atoms with Gasteiger partial charge in [0.05, 0.1) is 24.9 Å². The van der Waals surface area contributed by atoms with E-state index in [4.69, 9.17) is 9.40 Å². The van der Waals surface area contributed by atoms with Gasteiger partial charge in [0.25, 0.3) is 0 Å². The zero-order valence-electron chi connectivity index (χ0n) is 32.4. The number of fused-ring (bicyclic) bond motifs is 5. The summed E-state index contributed by atoms with van der Waals surface area (Å²) in [5.74, 6) is 2.07. The van der Waals surface area contributed by atoms with Gasteiger partial charge in [-0.25, -0.2) is 0 Å². The van der Waals surface area contributed by atoms with Crippen molar-refractivity contribution in [2.75, 3.05) is 0 Å². The van der Waals surface area contributed by atoms with Crippen molar-refractivity contribution in [1.29, 1.82) is 0 Å². The topological polar surface area (TPSA) is 43.9 Å². The van der Waals surface area contributed by atoms with Crippen LogP contribution in [0.25, 0.3) is 71.4 Å². The molecule has 7 heteroatoms. The van der Waals surface area contributed by atoms with E-state index in [1.807, 2.05) is 36.4 Å². The van der Waals surface area contributed by atoms with Gasteiger partial charge in [-0.3, -0.25) is 16.3 Å². The Morgan fingerprint density at radius 2 is 1.53 bits per heavy atom. The van der Waals surface area contributed by atoms with E-state index < -0.39 is 8.07 Å². The summed E-state index contributed by atoms with van der Waals surface area (Å²) in [6.45, 7) is 16.2. The molecule has 0 unspecified atom stereocenters. The van der Waals surface area contributed by atoms with Crippen LogP contribution in [0.3, 0.4) is 0 Å². The van der Waals surface area contributed by atoms with Gasteiger partial charge in [0.1, 0.15) is 11.2 Å². The average molecular weight is 932 g/mol. The molecule has 9 aromatic rings. The second-order valence-corrected chi connectivity index (χ2v) is 21.8. The minimum atomic E-state index is -1.34. The largest absolute Gasteiger partial charge is 0.456 e. The molecule has 55 heavy (non-hydrogen) atoms. The molecule has 0 spiro atoms. The molecule has 0 atom stereocenters. The number of rotatable bonds is 7. The molecular formula is C48H45IrN3OSSi-2. The van der Waals surface area contributed by atoms with E-state index in [1.165, 1.54) is 26.4 Å². The van der Waals surface area contributed by atoms with Crippen LogP contribution in [0.4, 0.5) is 0 Å². The Hall–Kier alpha value is -4.65. The van der Waals surface area contributed by atoms with Crippen LogP contribution in [0, 0.1) is 17.4 Å². The molecule has 4 nitrogen and oxygen atoms in total. The van der Waals surface area contributed by atoms with Crippen molar-refractivity contribution in [3.63, 3.8) is 0 Å². The summed E-state index contributed by atoms with van der Waals surface area (Å²) in [6, 6.07) is 43.3. The standard InChI is InChI=1S/C30H21N2OS.C18H24NSi.Ir/c1-18(2)19-11-13-23-24(17-34-29(23)15-19)30-31-25-8-4-5-9-26(25)32(30)20-12-14-22-21-7-3-6-10-27(21)33-28(22)16-20;1-14(2)11-16-12-17(15-9-7-6-8-10-15)19-13-18(16)20(3,4)5;/h3-16,18H,1-2H3;6-9,12-14H,11H2,1-5H3;/q2*-1;. The third-order valence-corrected chi connectivity index (χ3v) is 13.0. The van der Waals surface area contributed by atoms with Crippen LogP contribution in [0.2, 0.25) is 19.6 Å². The number of hydrogen-bond donors (Lipinski definition) is 0. The molecule has 279 valence electrons. The zero-order valence-corrected chi connectivity index (χ0v) is 36.6. The predicted molar refractivity (Wildman–Crippen MR) is 232 cm³/mol. The van der Waals surface area contributed by atoms with Crippen molar-refractivity contribution >= 4 is 67.7 Å². The zero-order chi connectivity index (χ0) is 37.6. The van der Waals surface area contributed by atoms with Gasteiger partial charge in [-0.15, -0.1) is 47.3 Å². The third kappa shape index (κ3) is 7.77. The van der Waals surface area contributed by atoms with Gasteiger partial charge < -0.3 is 14.0 Å². The normalized spacial score (nSPS) is 11.8. The Balaban J connectivity index is 0.000000191. The number of para-hydroxylation sites is 3.